The molecular weight excluding hydrogens is 845 g/mol. The van der Waals surface area contributed by atoms with Crippen LogP contribution in [0.3, 0.4) is 0 Å². The standard InChI is InChI=1S/C60H36N2S3/c1-2-12-37(13-3-1)38-22-26-40(27-23-38)61(42-30-32-56-49(34-42)45-15-5-9-19-53(45)63-56)41-28-24-39(25-29-41)48-36-51-44-14-4-8-18-52(44)62(59(51)58-47-17-7-11-21-55(47)65-60(48)58)43-31-33-57-50(35-43)46-16-6-10-20-54(46)64-57/h1-36H. The molecule has 0 amide bonds. The Bertz CT molecular complexity index is 4170. The van der Waals surface area contributed by atoms with Crippen LogP contribution in [0.2, 0.25) is 0 Å². The zero-order valence-electron chi connectivity index (χ0n) is 34.9. The van der Waals surface area contributed by atoms with E-state index in [-0.39, 0.29) is 0 Å². The van der Waals surface area contributed by atoms with Crippen LogP contribution in [0.5, 0.6) is 0 Å². The molecule has 0 aliphatic carbocycles. The van der Waals surface area contributed by atoms with Crippen LogP contribution in [-0.4, -0.2) is 4.57 Å². The van der Waals surface area contributed by atoms with Crippen molar-refractivity contribution in [3.63, 3.8) is 0 Å². The first kappa shape index (κ1) is 36.9. The van der Waals surface area contributed by atoms with Crippen LogP contribution >= 0.6 is 34.0 Å². The Balaban J connectivity index is 0.961. The molecule has 304 valence electrons. The molecule has 0 unspecified atom stereocenters. The summed E-state index contributed by atoms with van der Waals surface area (Å²) in [4.78, 5) is 2.41. The summed E-state index contributed by atoms with van der Waals surface area (Å²) < 4.78 is 10.4. The monoisotopic (exact) mass is 880 g/mol. The van der Waals surface area contributed by atoms with Gasteiger partial charge in [0.15, 0.2) is 0 Å². The van der Waals surface area contributed by atoms with E-state index < -0.39 is 0 Å². The van der Waals surface area contributed by atoms with E-state index in [2.05, 4.69) is 228 Å². The summed E-state index contributed by atoms with van der Waals surface area (Å²) in [6, 6.07) is 80.8. The third-order valence-electron chi connectivity index (χ3n) is 13.2. The van der Waals surface area contributed by atoms with E-state index in [9.17, 15) is 0 Å². The molecule has 4 heterocycles. The average molecular weight is 881 g/mol. The van der Waals surface area contributed by atoms with Crippen LogP contribution in [0, 0.1) is 0 Å². The number of rotatable bonds is 6. The van der Waals surface area contributed by atoms with E-state index >= 15 is 0 Å². The van der Waals surface area contributed by atoms with Crippen molar-refractivity contribution in [1.82, 2.24) is 4.57 Å². The molecule has 0 radical (unpaired) electrons. The van der Waals surface area contributed by atoms with Gasteiger partial charge in [0, 0.05) is 99.6 Å². The predicted octanol–water partition coefficient (Wildman–Crippen LogP) is 18.7. The number of hydrogen-bond acceptors (Lipinski definition) is 4. The number of nitrogens with zero attached hydrogens (tertiary/aromatic N) is 2. The number of para-hydroxylation sites is 1. The number of anilines is 3. The maximum absolute atomic E-state index is 2.53. The largest absolute Gasteiger partial charge is 0.310 e. The second-order valence-corrected chi connectivity index (χ2v) is 20.0. The molecule has 14 rings (SSSR count). The first-order valence-corrected chi connectivity index (χ1v) is 24.4. The van der Waals surface area contributed by atoms with Gasteiger partial charge in [-0.25, -0.2) is 0 Å². The molecule has 5 heteroatoms. The Morgan fingerprint density at radius 2 is 0.831 bits per heavy atom. The molecule has 0 aliphatic rings. The van der Waals surface area contributed by atoms with E-state index in [0.717, 1.165) is 17.1 Å². The highest BCUT2D eigenvalue weighted by atomic mass is 32.1. The lowest BCUT2D eigenvalue weighted by molar-refractivity contribution is 1.19. The van der Waals surface area contributed by atoms with Gasteiger partial charge in [0.25, 0.3) is 0 Å². The van der Waals surface area contributed by atoms with E-state index in [0.29, 0.717) is 0 Å². The van der Waals surface area contributed by atoms with Gasteiger partial charge in [0.05, 0.1) is 11.0 Å². The topological polar surface area (TPSA) is 8.17 Å². The number of fused-ring (bicyclic) bond motifs is 13. The van der Waals surface area contributed by atoms with Gasteiger partial charge in [0.1, 0.15) is 0 Å². The Morgan fingerprint density at radius 1 is 0.323 bits per heavy atom. The molecule has 0 bridgehead atoms. The minimum atomic E-state index is 1.11. The average Bonchev–Trinajstić information content (AvgIpc) is 4.13. The number of benzene rings is 10. The van der Waals surface area contributed by atoms with Crippen LogP contribution in [0.15, 0.2) is 218 Å². The van der Waals surface area contributed by atoms with Crippen molar-refractivity contribution in [2.24, 2.45) is 0 Å². The fraction of sp³-hybridized carbons (Fsp3) is 0. The Labute approximate surface area is 386 Å². The molecular formula is C60H36N2S3. The van der Waals surface area contributed by atoms with Gasteiger partial charge in [-0.3, -0.25) is 0 Å². The minimum absolute atomic E-state index is 1.11. The first-order chi connectivity index (χ1) is 32.2. The Morgan fingerprint density at radius 3 is 1.52 bits per heavy atom. The lowest BCUT2D eigenvalue weighted by Gasteiger charge is -2.26. The van der Waals surface area contributed by atoms with E-state index in [1.165, 1.54) is 110 Å². The van der Waals surface area contributed by atoms with E-state index in [1.54, 1.807) is 0 Å². The summed E-state index contributed by atoms with van der Waals surface area (Å²) in [6.45, 7) is 0. The van der Waals surface area contributed by atoms with Gasteiger partial charge in [-0.2, -0.15) is 0 Å². The molecule has 0 saturated carbocycles. The first-order valence-electron chi connectivity index (χ1n) is 22.0. The fourth-order valence-electron chi connectivity index (χ4n) is 10.2. The van der Waals surface area contributed by atoms with Crippen LogP contribution in [0.4, 0.5) is 17.1 Å². The van der Waals surface area contributed by atoms with Gasteiger partial charge < -0.3 is 9.47 Å². The van der Waals surface area contributed by atoms with Crippen molar-refractivity contribution >= 4 is 133 Å². The summed E-state index contributed by atoms with van der Waals surface area (Å²) in [7, 11) is 0. The van der Waals surface area contributed by atoms with Crippen molar-refractivity contribution in [2.45, 2.75) is 0 Å². The predicted molar refractivity (Wildman–Crippen MR) is 285 cm³/mol. The van der Waals surface area contributed by atoms with Crippen molar-refractivity contribution < 1.29 is 0 Å². The maximum atomic E-state index is 2.53. The SMILES string of the molecule is c1ccc(-c2ccc(N(c3ccc(-c4cc5c6ccccc6n(-c6ccc7sc8ccccc8c7c6)c5c5c4sc4ccccc45)cc3)c3ccc4sc5ccccc5c4c3)cc2)cc1. The summed E-state index contributed by atoms with van der Waals surface area (Å²) in [6.07, 6.45) is 0. The lowest BCUT2D eigenvalue weighted by atomic mass is 9.98. The number of hydrogen-bond donors (Lipinski definition) is 0. The molecule has 14 aromatic rings. The van der Waals surface area contributed by atoms with Crippen molar-refractivity contribution in [3.8, 4) is 27.9 Å². The smallest absolute Gasteiger partial charge is 0.0634 e. The highest BCUT2D eigenvalue weighted by molar-refractivity contribution is 7.27. The quantitative estimate of drug-likeness (QED) is 0.162. The summed E-state index contributed by atoms with van der Waals surface area (Å²) in [5.41, 5.74) is 11.9. The van der Waals surface area contributed by atoms with Gasteiger partial charge in [0.2, 0.25) is 0 Å². The van der Waals surface area contributed by atoms with Gasteiger partial charge >= 0.3 is 0 Å². The summed E-state index contributed by atoms with van der Waals surface area (Å²) in [5.74, 6) is 0. The normalized spacial score (nSPS) is 12.0. The highest BCUT2D eigenvalue weighted by Crippen LogP contribution is 2.49. The zero-order chi connectivity index (χ0) is 42.6. The van der Waals surface area contributed by atoms with Crippen LogP contribution in [0.1, 0.15) is 0 Å². The second-order valence-electron chi connectivity index (χ2n) is 16.8. The summed E-state index contributed by atoms with van der Waals surface area (Å²) >= 11 is 5.63. The van der Waals surface area contributed by atoms with Crippen molar-refractivity contribution in [2.75, 3.05) is 4.90 Å². The molecule has 0 N–H and O–H groups in total. The third kappa shape index (κ3) is 5.76. The number of thiophene rings is 3. The Hall–Kier alpha value is -7.54. The minimum Gasteiger partial charge on any atom is -0.310 e. The molecule has 10 aromatic carbocycles. The van der Waals surface area contributed by atoms with E-state index in [1.807, 2.05) is 34.0 Å². The molecule has 2 nitrogen and oxygen atoms in total. The van der Waals surface area contributed by atoms with E-state index in [4.69, 9.17) is 0 Å². The number of aromatic nitrogens is 1. The maximum Gasteiger partial charge on any atom is 0.0634 e. The highest BCUT2D eigenvalue weighted by Gasteiger charge is 2.23. The summed E-state index contributed by atoms with van der Waals surface area (Å²) in [5, 5.41) is 10.3. The zero-order valence-corrected chi connectivity index (χ0v) is 37.4. The lowest BCUT2D eigenvalue weighted by Crippen LogP contribution is -2.09. The van der Waals surface area contributed by atoms with Crippen LogP contribution in [-0.2, 0) is 0 Å². The Kier molecular flexibility index (Phi) is 8.23. The second kappa shape index (κ2) is 14.5. The van der Waals surface area contributed by atoms with Gasteiger partial charge in [-0.1, -0.05) is 127 Å². The molecule has 4 aromatic heterocycles. The fourth-order valence-corrected chi connectivity index (χ4v) is 13.6. The van der Waals surface area contributed by atoms with Gasteiger partial charge in [-0.15, -0.1) is 34.0 Å². The molecule has 0 spiro atoms. The molecule has 0 fully saturated rings. The van der Waals surface area contributed by atoms with Crippen LogP contribution < -0.4 is 4.90 Å². The van der Waals surface area contributed by atoms with Crippen molar-refractivity contribution in [1.29, 1.82) is 0 Å². The molecule has 0 saturated heterocycles. The molecule has 0 aliphatic heterocycles. The van der Waals surface area contributed by atoms with Crippen molar-refractivity contribution in [3.05, 3.63) is 218 Å². The molecule has 65 heavy (non-hydrogen) atoms. The third-order valence-corrected chi connectivity index (χ3v) is 16.7. The van der Waals surface area contributed by atoms with Crippen LogP contribution in [0.25, 0.3) is 110 Å². The molecule has 0 atom stereocenters. The van der Waals surface area contributed by atoms with Gasteiger partial charge in [-0.05, 0) is 108 Å².